The van der Waals surface area contributed by atoms with Gasteiger partial charge in [0.05, 0.1) is 12.5 Å². The van der Waals surface area contributed by atoms with E-state index in [0.29, 0.717) is 18.9 Å². The number of hydrogen-bond acceptors (Lipinski definition) is 3. The Morgan fingerprint density at radius 1 is 1.30 bits per heavy atom. The van der Waals surface area contributed by atoms with Crippen LogP contribution in [0.4, 0.5) is 0 Å². The molecule has 0 saturated heterocycles. The van der Waals surface area contributed by atoms with Crippen molar-refractivity contribution in [3.63, 3.8) is 0 Å². The van der Waals surface area contributed by atoms with Gasteiger partial charge in [0, 0.05) is 35.2 Å². The minimum absolute atomic E-state index is 0.121. The summed E-state index contributed by atoms with van der Waals surface area (Å²) in [5.74, 6) is 0.139. The molecule has 1 heterocycles. The fourth-order valence-electron chi connectivity index (χ4n) is 3.83. The summed E-state index contributed by atoms with van der Waals surface area (Å²) >= 11 is 0. The average Bonchev–Trinajstić information content (AvgIpc) is 3.04. The Labute approximate surface area is 159 Å². The Kier molecular flexibility index (Phi) is 5.94. The number of hydrogen-bond donors (Lipinski definition) is 1. The quantitative estimate of drug-likeness (QED) is 0.642. The third-order valence-electron chi connectivity index (χ3n) is 5.38. The van der Waals surface area contributed by atoms with Crippen LogP contribution in [0.15, 0.2) is 36.0 Å². The Hall–Kier alpha value is -3.05. The van der Waals surface area contributed by atoms with Crippen LogP contribution in [0.25, 0.3) is 17.0 Å². The number of benzene rings is 1. The highest BCUT2D eigenvalue weighted by Crippen LogP contribution is 2.26. The van der Waals surface area contributed by atoms with E-state index in [1.165, 1.54) is 6.42 Å². The lowest BCUT2D eigenvalue weighted by Crippen LogP contribution is -2.41. The highest BCUT2D eigenvalue weighted by molar-refractivity contribution is 6.04. The van der Waals surface area contributed by atoms with Gasteiger partial charge in [-0.3, -0.25) is 4.79 Å². The van der Waals surface area contributed by atoms with Crippen molar-refractivity contribution in [1.82, 2.24) is 9.88 Å². The van der Waals surface area contributed by atoms with Gasteiger partial charge in [0.1, 0.15) is 11.6 Å². The van der Waals surface area contributed by atoms with Crippen LogP contribution in [-0.4, -0.2) is 16.5 Å². The Morgan fingerprint density at radius 2 is 2.07 bits per heavy atom. The van der Waals surface area contributed by atoms with E-state index in [1.54, 1.807) is 6.08 Å². The molecule has 1 aliphatic rings. The van der Waals surface area contributed by atoms with Gasteiger partial charge in [0.15, 0.2) is 0 Å². The smallest absolute Gasteiger partial charge is 0.262 e. The van der Waals surface area contributed by atoms with Gasteiger partial charge >= 0.3 is 0 Å². The van der Waals surface area contributed by atoms with E-state index in [0.717, 1.165) is 35.7 Å². The van der Waals surface area contributed by atoms with Gasteiger partial charge in [-0.2, -0.15) is 10.5 Å². The maximum absolute atomic E-state index is 12.7. The fraction of sp³-hybridized carbons (Fsp3) is 0.409. The molecule has 2 atom stereocenters. The molecule has 1 N–H and O–H groups in total. The first kappa shape index (κ1) is 18.7. The maximum atomic E-state index is 12.7. The second kappa shape index (κ2) is 8.56. The summed E-state index contributed by atoms with van der Waals surface area (Å²) in [6.07, 6.45) is 8.39. The lowest BCUT2D eigenvalue weighted by atomic mass is 9.86. The van der Waals surface area contributed by atoms with Crippen molar-refractivity contribution in [3.8, 4) is 12.1 Å². The summed E-state index contributed by atoms with van der Waals surface area (Å²) in [6.45, 7) is 2.74. The summed E-state index contributed by atoms with van der Waals surface area (Å²) in [7, 11) is 0. The van der Waals surface area contributed by atoms with E-state index in [4.69, 9.17) is 5.26 Å². The van der Waals surface area contributed by atoms with E-state index in [2.05, 4.69) is 24.4 Å². The molecule has 0 unspecified atom stereocenters. The minimum Gasteiger partial charge on any atom is -0.348 e. The molecule has 1 aromatic heterocycles. The molecule has 5 nitrogen and oxygen atoms in total. The predicted molar refractivity (Wildman–Crippen MR) is 105 cm³/mol. The van der Waals surface area contributed by atoms with Crippen LogP contribution in [0.2, 0.25) is 0 Å². The average molecular weight is 360 g/mol. The number of nitrogens with zero attached hydrogens (tertiary/aromatic N) is 3. The summed E-state index contributed by atoms with van der Waals surface area (Å²) in [5.41, 5.74) is 1.94. The molecule has 1 aliphatic carbocycles. The number of fused-ring (bicyclic) bond motifs is 1. The Morgan fingerprint density at radius 3 is 2.81 bits per heavy atom. The molecule has 5 heteroatoms. The first-order valence-corrected chi connectivity index (χ1v) is 9.51. The van der Waals surface area contributed by atoms with Gasteiger partial charge in [-0.25, -0.2) is 0 Å². The van der Waals surface area contributed by atoms with Crippen LogP contribution < -0.4 is 5.32 Å². The minimum atomic E-state index is -0.301. The molecular formula is C22H24N4O. The summed E-state index contributed by atoms with van der Waals surface area (Å²) in [5, 5.41) is 22.4. The first-order chi connectivity index (χ1) is 13.1. The van der Waals surface area contributed by atoms with E-state index in [-0.39, 0.29) is 17.5 Å². The molecule has 27 heavy (non-hydrogen) atoms. The summed E-state index contributed by atoms with van der Waals surface area (Å²) < 4.78 is 2.00. The molecule has 1 amide bonds. The summed E-state index contributed by atoms with van der Waals surface area (Å²) in [6, 6.07) is 12.2. The van der Waals surface area contributed by atoms with Gasteiger partial charge in [-0.15, -0.1) is 0 Å². The molecule has 3 rings (SSSR count). The molecule has 0 radical (unpaired) electrons. The number of carbonyl (C=O) groups excluding carboxylic acids is 1. The van der Waals surface area contributed by atoms with Crippen LogP contribution in [0.3, 0.4) is 0 Å². The number of para-hydroxylation sites is 1. The largest absolute Gasteiger partial charge is 0.348 e. The topological polar surface area (TPSA) is 81.6 Å². The van der Waals surface area contributed by atoms with Crippen molar-refractivity contribution in [3.05, 3.63) is 41.6 Å². The van der Waals surface area contributed by atoms with Gasteiger partial charge < -0.3 is 9.88 Å². The zero-order valence-electron chi connectivity index (χ0n) is 15.6. The van der Waals surface area contributed by atoms with Crippen molar-refractivity contribution in [1.29, 1.82) is 10.5 Å². The second-order valence-electron chi connectivity index (χ2n) is 7.21. The molecule has 0 spiro atoms. The zero-order valence-corrected chi connectivity index (χ0v) is 15.6. The third-order valence-corrected chi connectivity index (χ3v) is 5.38. The highest BCUT2D eigenvalue weighted by Gasteiger charge is 2.24. The lowest BCUT2D eigenvalue weighted by Gasteiger charge is -2.29. The van der Waals surface area contributed by atoms with E-state index < -0.39 is 0 Å². The fourth-order valence-corrected chi connectivity index (χ4v) is 3.83. The van der Waals surface area contributed by atoms with E-state index in [1.807, 2.05) is 35.0 Å². The van der Waals surface area contributed by atoms with Gasteiger partial charge in [0.25, 0.3) is 5.91 Å². The van der Waals surface area contributed by atoms with Gasteiger partial charge in [0.2, 0.25) is 0 Å². The highest BCUT2D eigenvalue weighted by atomic mass is 16.1. The molecule has 1 fully saturated rings. The number of rotatable bonds is 5. The van der Waals surface area contributed by atoms with Gasteiger partial charge in [-0.1, -0.05) is 38.0 Å². The maximum Gasteiger partial charge on any atom is 0.262 e. The predicted octanol–water partition coefficient (Wildman–Crippen LogP) is 4.16. The van der Waals surface area contributed by atoms with Crippen LogP contribution in [0, 0.1) is 28.6 Å². The second-order valence-corrected chi connectivity index (χ2v) is 7.21. The number of aryl methyl sites for hydroxylation is 1. The first-order valence-electron chi connectivity index (χ1n) is 9.51. The number of carbonyl (C=O) groups is 1. The van der Waals surface area contributed by atoms with Crippen molar-refractivity contribution in [2.45, 2.75) is 51.6 Å². The van der Waals surface area contributed by atoms with Crippen molar-refractivity contribution in [2.24, 2.45) is 5.92 Å². The van der Waals surface area contributed by atoms with E-state index in [9.17, 15) is 10.1 Å². The molecule has 0 aliphatic heterocycles. The van der Waals surface area contributed by atoms with Crippen LogP contribution in [0.5, 0.6) is 0 Å². The number of nitriles is 2. The number of aromatic nitrogens is 1. The zero-order chi connectivity index (χ0) is 19.2. The molecule has 1 aromatic carbocycles. The van der Waals surface area contributed by atoms with Crippen LogP contribution in [0.1, 0.15) is 44.6 Å². The number of nitrogens with one attached hydrogen (secondary N) is 1. The van der Waals surface area contributed by atoms with Crippen LogP contribution in [-0.2, 0) is 11.3 Å². The summed E-state index contributed by atoms with van der Waals surface area (Å²) in [4.78, 5) is 12.7. The molecular weight excluding hydrogens is 336 g/mol. The molecule has 0 bridgehead atoms. The molecule has 1 saturated carbocycles. The van der Waals surface area contributed by atoms with Crippen LogP contribution >= 0.6 is 0 Å². The van der Waals surface area contributed by atoms with Crippen molar-refractivity contribution < 1.29 is 4.79 Å². The Bertz CT molecular complexity index is 941. The van der Waals surface area contributed by atoms with Crippen molar-refractivity contribution in [2.75, 3.05) is 0 Å². The molecule has 2 aromatic rings. The number of amides is 1. The lowest BCUT2D eigenvalue weighted by molar-refractivity contribution is -0.118. The molecule has 138 valence electrons. The van der Waals surface area contributed by atoms with Crippen molar-refractivity contribution >= 4 is 22.9 Å². The monoisotopic (exact) mass is 360 g/mol. The van der Waals surface area contributed by atoms with E-state index >= 15 is 0 Å². The SMILES string of the molecule is C[C@@H]1CCCC[C@@H]1NC(=O)/C(C#N)=C/c1cn(CCC#N)c2ccccc12. The standard InChI is InChI=1S/C22H24N4O/c1-16-7-2-4-9-20(16)25-22(27)17(14-24)13-18-15-26(12-6-11-23)21-10-5-3-8-19(18)21/h3,5,8,10,13,15-16,20H,2,4,6-7,9,12H2,1H3,(H,25,27)/b17-13+/t16-,20+/m1/s1. The Balaban J connectivity index is 1.88. The normalized spacial score (nSPS) is 20.0. The van der Waals surface area contributed by atoms with Gasteiger partial charge in [-0.05, 0) is 30.9 Å². The third kappa shape index (κ3) is 4.20.